The molecule has 0 saturated carbocycles. The zero-order valence-corrected chi connectivity index (χ0v) is 8.62. The van der Waals surface area contributed by atoms with Gasteiger partial charge in [-0.05, 0) is 6.92 Å². The number of nitrogens with zero attached hydrogens (tertiary/aromatic N) is 3. The van der Waals surface area contributed by atoms with Crippen LogP contribution in [-0.2, 0) is 23.6 Å². The summed E-state index contributed by atoms with van der Waals surface area (Å²) >= 11 is 0. The van der Waals surface area contributed by atoms with E-state index in [0.717, 1.165) is 5.69 Å². The molecular weight excluding hydrogens is 188 g/mol. The molecule has 1 aromatic rings. The average Bonchev–Trinajstić information content (AvgIpc) is 2.49. The van der Waals surface area contributed by atoms with Gasteiger partial charge in [0.1, 0.15) is 0 Å². The minimum absolute atomic E-state index is 0.0157. The number of hydrogen-bond acceptors (Lipinski definition) is 4. The lowest BCUT2D eigenvalue weighted by Gasteiger charge is -2.05. The Hall–Kier alpha value is -0.750. The van der Waals surface area contributed by atoms with Gasteiger partial charge < -0.3 is 5.73 Å². The van der Waals surface area contributed by atoms with Gasteiger partial charge in [0, 0.05) is 35.8 Å². The Morgan fingerprint density at radius 3 is 2.92 bits per heavy atom. The molecule has 0 saturated heterocycles. The van der Waals surface area contributed by atoms with Crippen LogP contribution in [0, 0.1) is 0 Å². The Balaban J connectivity index is 2.54. The van der Waals surface area contributed by atoms with E-state index in [1.54, 1.807) is 17.9 Å². The van der Waals surface area contributed by atoms with Gasteiger partial charge in [-0.2, -0.15) is 0 Å². The maximum atomic E-state index is 11.5. The third kappa shape index (κ3) is 2.89. The smallest absolute Gasteiger partial charge is 0.0951 e. The highest BCUT2D eigenvalue weighted by atomic mass is 32.2. The van der Waals surface area contributed by atoms with Crippen molar-refractivity contribution in [1.29, 1.82) is 0 Å². The van der Waals surface area contributed by atoms with E-state index in [0.29, 0.717) is 12.3 Å². The maximum Gasteiger partial charge on any atom is 0.0951 e. The van der Waals surface area contributed by atoms with E-state index in [9.17, 15) is 4.21 Å². The first kappa shape index (κ1) is 10.3. The topological polar surface area (TPSA) is 73.8 Å². The van der Waals surface area contributed by atoms with Crippen LogP contribution in [0.2, 0.25) is 0 Å². The van der Waals surface area contributed by atoms with Crippen molar-refractivity contribution >= 4 is 10.8 Å². The van der Waals surface area contributed by atoms with Crippen LogP contribution in [0.15, 0.2) is 6.20 Å². The molecule has 0 aromatic carbocycles. The predicted molar refractivity (Wildman–Crippen MR) is 51.4 cm³/mol. The van der Waals surface area contributed by atoms with E-state index in [-0.39, 0.29) is 5.25 Å². The molecule has 0 bridgehead atoms. The third-order valence-electron chi connectivity index (χ3n) is 1.72. The van der Waals surface area contributed by atoms with Gasteiger partial charge in [-0.15, -0.1) is 5.10 Å². The summed E-state index contributed by atoms with van der Waals surface area (Å²) in [5.74, 6) is 0.437. The Labute approximate surface area is 79.8 Å². The summed E-state index contributed by atoms with van der Waals surface area (Å²) in [6.45, 7) is 2.30. The molecule has 0 fully saturated rings. The molecule has 0 radical (unpaired) electrons. The molecule has 1 rings (SSSR count). The second kappa shape index (κ2) is 4.48. The summed E-state index contributed by atoms with van der Waals surface area (Å²) < 4.78 is 13.1. The monoisotopic (exact) mass is 202 g/mol. The van der Waals surface area contributed by atoms with Crippen LogP contribution in [0.1, 0.15) is 12.6 Å². The largest absolute Gasteiger partial charge is 0.329 e. The summed E-state index contributed by atoms with van der Waals surface area (Å²) in [4.78, 5) is 0. The lowest BCUT2D eigenvalue weighted by molar-refractivity contribution is 0.672. The highest BCUT2D eigenvalue weighted by Crippen LogP contribution is 2.02. The number of hydrogen-bond donors (Lipinski definition) is 1. The third-order valence-corrected chi connectivity index (χ3v) is 3.39. The molecule has 5 nitrogen and oxygen atoms in total. The fourth-order valence-electron chi connectivity index (χ4n) is 0.857. The molecule has 0 amide bonds. The predicted octanol–water partition coefficient (Wildman–Crippen LogP) is -0.589. The van der Waals surface area contributed by atoms with Crippen LogP contribution in [-0.4, -0.2) is 31.0 Å². The zero-order chi connectivity index (χ0) is 9.84. The van der Waals surface area contributed by atoms with Crippen molar-refractivity contribution in [2.75, 3.05) is 6.54 Å². The molecular formula is C7H14N4OS. The minimum atomic E-state index is -0.943. The first-order valence-corrected chi connectivity index (χ1v) is 5.44. The van der Waals surface area contributed by atoms with Crippen molar-refractivity contribution in [3.05, 3.63) is 11.9 Å². The van der Waals surface area contributed by atoms with Crippen LogP contribution in [0.4, 0.5) is 0 Å². The van der Waals surface area contributed by atoms with Crippen molar-refractivity contribution in [3.8, 4) is 0 Å². The van der Waals surface area contributed by atoms with Gasteiger partial charge in [-0.3, -0.25) is 8.89 Å². The molecule has 0 aliphatic rings. The number of aromatic nitrogens is 3. The molecule has 0 spiro atoms. The van der Waals surface area contributed by atoms with Crippen molar-refractivity contribution in [3.63, 3.8) is 0 Å². The van der Waals surface area contributed by atoms with Gasteiger partial charge in [0.05, 0.1) is 11.4 Å². The van der Waals surface area contributed by atoms with E-state index < -0.39 is 10.8 Å². The lowest BCUT2D eigenvalue weighted by atomic mass is 10.5. The van der Waals surface area contributed by atoms with Crippen LogP contribution in [0.3, 0.4) is 0 Å². The SMILES string of the molecule is CC(CN)S(=O)Cc1cn(C)nn1. The van der Waals surface area contributed by atoms with Gasteiger partial charge in [0.2, 0.25) is 0 Å². The Morgan fingerprint density at radius 1 is 1.77 bits per heavy atom. The molecule has 2 atom stereocenters. The maximum absolute atomic E-state index is 11.5. The van der Waals surface area contributed by atoms with Gasteiger partial charge in [0.25, 0.3) is 0 Å². The van der Waals surface area contributed by atoms with Gasteiger partial charge in [0.15, 0.2) is 0 Å². The fourth-order valence-corrected chi connectivity index (χ4v) is 1.78. The lowest BCUT2D eigenvalue weighted by Crippen LogP contribution is -2.22. The summed E-state index contributed by atoms with van der Waals surface area (Å²) in [5, 5.41) is 7.62. The normalized spacial score (nSPS) is 15.6. The highest BCUT2D eigenvalue weighted by Gasteiger charge is 2.11. The van der Waals surface area contributed by atoms with E-state index in [1.165, 1.54) is 0 Å². The van der Waals surface area contributed by atoms with Gasteiger partial charge in [-0.1, -0.05) is 5.21 Å². The van der Waals surface area contributed by atoms with Crippen LogP contribution >= 0.6 is 0 Å². The quantitative estimate of drug-likeness (QED) is 0.708. The van der Waals surface area contributed by atoms with Crippen LogP contribution < -0.4 is 5.73 Å². The minimum Gasteiger partial charge on any atom is -0.329 e. The zero-order valence-electron chi connectivity index (χ0n) is 7.80. The number of aryl methyl sites for hydroxylation is 1. The second-order valence-electron chi connectivity index (χ2n) is 2.95. The standard InChI is InChI=1S/C7H14N4OS/c1-6(3-8)13(12)5-7-4-11(2)10-9-7/h4,6H,3,5,8H2,1-2H3. The molecule has 2 unspecified atom stereocenters. The molecule has 0 aliphatic heterocycles. The van der Waals surface area contributed by atoms with Crippen molar-refractivity contribution in [2.24, 2.45) is 12.8 Å². The van der Waals surface area contributed by atoms with Crippen molar-refractivity contribution < 1.29 is 4.21 Å². The number of nitrogens with two attached hydrogens (primary N) is 1. The Morgan fingerprint density at radius 2 is 2.46 bits per heavy atom. The average molecular weight is 202 g/mol. The number of rotatable bonds is 4. The first-order valence-electron chi connectivity index (χ1n) is 4.06. The molecule has 0 aliphatic carbocycles. The van der Waals surface area contributed by atoms with Gasteiger partial charge in [-0.25, -0.2) is 0 Å². The summed E-state index contributed by atoms with van der Waals surface area (Å²) in [5.41, 5.74) is 6.15. The summed E-state index contributed by atoms with van der Waals surface area (Å²) in [6.07, 6.45) is 1.77. The molecule has 6 heteroatoms. The highest BCUT2D eigenvalue weighted by molar-refractivity contribution is 7.84. The fraction of sp³-hybridized carbons (Fsp3) is 0.714. The van der Waals surface area contributed by atoms with Crippen molar-refractivity contribution in [1.82, 2.24) is 15.0 Å². The molecule has 13 heavy (non-hydrogen) atoms. The van der Waals surface area contributed by atoms with E-state index in [1.807, 2.05) is 6.92 Å². The first-order chi connectivity index (χ1) is 6.13. The second-order valence-corrected chi connectivity index (χ2v) is 4.81. The van der Waals surface area contributed by atoms with E-state index in [2.05, 4.69) is 10.3 Å². The van der Waals surface area contributed by atoms with E-state index in [4.69, 9.17) is 5.73 Å². The summed E-state index contributed by atoms with van der Waals surface area (Å²) in [7, 11) is 0.840. The van der Waals surface area contributed by atoms with Crippen molar-refractivity contribution in [2.45, 2.75) is 17.9 Å². The molecule has 2 N–H and O–H groups in total. The Bertz CT molecular complexity index is 298. The molecule has 1 heterocycles. The van der Waals surface area contributed by atoms with Gasteiger partial charge >= 0.3 is 0 Å². The van der Waals surface area contributed by atoms with Crippen LogP contribution in [0.5, 0.6) is 0 Å². The molecule has 74 valence electrons. The van der Waals surface area contributed by atoms with E-state index >= 15 is 0 Å². The van der Waals surface area contributed by atoms with Crippen LogP contribution in [0.25, 0.3) is 0 Å². The Kier molecular flexibility index (Phi) is 3.56. The molecule has 1 aromatic heterocycles. The summed E-state index contributed by atoms with van der Waals surface area (Å²) in [6, 6.07) is 0.